The lowest BCUT2D eigenvalue weighted by molar-refractivity contribution is 1.19. The van der Waals surface area contributed by atoms with Gasteiger partial charge in [0.25, 0.3) is 0 Å². The van der Waals surface area contributed by atoms with E-state index in [0.717, 1.165) is 22.6 Å². The van der Waals surface area contributed by atoms with E-state index >= 15 is 0 Å². The van der Waals surface area contributed by atoms with Crippen LogP contribution in [0.25, 0.3) is 11.3 Å². The molecule has 0 unspecified atom stereocenters. The van der Waals surface area contributed by atoms with Gasteiger partial charge in [0.2, 0.25) is 0 Å². The standard InChI is InChI=1S/C9H12N4/c1-5-3-7(6(2)12-5)8-4-11-9(10)13-8/h3-4,12H,1-2H3,(H3,10,11,13). The molecule has 4 N–H and O–H groups in total. The Morgan fingerprint density at radius 1 is 1.31 bits per heavy atom. The number of nitrogens with one attached hydrogen (secondary N) is 2. The van der Waals surface area contributed by atoms with Crippen molar-refractivity contribution in [3.63, 3.8) is 0 Å². The van der Waals surface area contributed by atoms with E-state index < -0.39 is 0 Å². The summed E-state index contributed by atoms with van der Waals surface area (Å²) in [5.74, 6) is 0.452. The molecule has 0 aromatic carbocycles. The van der Waals surface area contributed by atoms with Gasteiger partial charge in [-0.1, -0.05) is 0 Å². The van der Waals surface area contributed by atoms with Gasteiger partial charge in [0.05, 0.1) is 11.9 Å². The molecule has 2 rings (SSSR count). The van der Waals surface area contributed by atoms with Gasteiger partial charge in [0, 0.05) is 17.0 Å². The summed E-state index contributed by atoms with van der Waals surface area (Å²) >= 11 is 0. The van der Waals surface area contributed by atoms with Crippen molar-refractivity contribution in [2.75, 3.05) is 5.73 Å². The molecule has 2 heterocycles. The van der Waals surface area contributed by atoms with E-state index in [-0.39, 0.29) is 0 Å². The highest BCUT2D eigenvalue weighted by atomic mass is 15.0. The molecule has 0 saturated heterocycles. The van der Waals surface area contributed by atoms with Gasteiger partial charge < -0.3 is 15.7 Å². The maximum atomic E-state index is 5.50. The van der Waals surface area contributed by atoms with Gasteiger partial charge in [-0.25, -0.2) is 4.98 Å². The number of nitrogens with two attached hydrogens (primary N) is 1. The fraction of sp³-hybridized carbons (Fsp3) is 0.222. The topological polar surface area (TPSA) is 70.5 Å². The van der Waals surface area contributed by atoms with Gasteiger partial charge in [-0.2, -0.15) is 0 Å². The first kappa shape index (κ1) is 7.91. The van der Waals surface area contributed by atoms with Crippen molar-refractivity contribution in [1.82, 2.24) is 15.0 Å². The number of aromatic nitrogens is 3. The lowest BCUT2D eigenvalue weighted by Crippen LogP contribution is -1.85. The Hall–Kier alpha value is -1.71. The monoisotopic (exact) mass is 176 g/mol. The van der Waals surface area contributed by atoms with E-state index in [9.17, 15) is 0 Å². The van der Waals surface area contributed by atoms with Crippen molar-refractivity contribution >= 4 is 5.95 Å². The summed E-state index contributed by atoms with van der Waals surface area (Å²) in [7, 11) is 0. The maximum absolute atomic E-state index is 5.50. The zero-order valence-electron chi connectivity index (χ0n) is 7.68. The van der Waals surface area contributed by atoms with Crippen LogP contribution in [0.1, 0.15) is 11.4 Å². The third kappa shape index (κ3) is 1.30. The number of hydrogen-bond donors (Lipinski definition) is 3. The normalized spacial score (nSPS) is 10.6. The van der Waals surface area contributed by atoms with E-state index in [4.69, 9.17) is 5.73 Å². The van der Waals surface area contributed by atoms with Crippen LogP contribution in [0.4, 0.5) is 5.95 Å². The van der Waals surface area contributed by atoms with E-state index in [1.165, 1.54) is 0 Å². The van der Waals surface area contributed by atoms with Crippen molar-refractivity contribution in [3.05, 3.63) is 23.7 Å². The SMILES string of the molecule is Cc1cc(-c2cnc(N)[nH]2)c(C)[nH]1. The van der Waals surface area contributed by atoms with Crippen LogP contribution >= 0.6 is 0 Å². The molecule has 0 aliphatic rings. The molecule has 0 spiro atoms. The Labute approximate surface area is 76.2 Å². The molecule has 2 aromatic heterocycles. The fourth-order valence-corrected chi connectivity index (χ4v) is 1.48. The summed E-state index contributed by atoms with van der Waals surface area (Å²) in [4.78, 5) is 10.2. The summed E-state index contributed by atoms with van der Waals surface area (Å²) in [6.45, 7) is 4.05. The highest BCUT2D eigenvalue weighted by Crippen LogP contribution is 2.22. The van der Waals surface area contributed by atoms with E-state index in [1.54, 1.807) is 6.20 Å². The molecule has 0 aliphatic heterocycles. The average Bonchev–Trinajstić information content (AvgIpc) is 2.58. The first-order chi connectivity index (χ1) is 6.16. The molecule has 2 aromatic rings. The van der Waals surface area contributed by atoms with Gasteiger partial charge in [-0.15, -0.1) is 0 Å². The molecule has 4 heteroatoms. The molecule has 13 heavy (non-hydrogen) atoms. The van der Waals surface area contributed by atoms with Crippen molar-refractivity contribution in [2.24, 2.45) is 0 Å². The summed E-state index contributed by atoms with van der Waals surface area (Å²) in [5.41, 5.74) is 9.85. The minimum absolute atomic E-state index is 0.452. The van der Waals surface area contributed by atoms with Gasteiger partial charge in [0.15, 0.2) is 5.95 Å². The van der Waals surface area contributed by atoms with Crippen LogP contribution in [0.2, 0.25) is 0 Å². The molecule has 4 nitrogen and oxygen atoms in total. The first-order valence-electron chi connectivity index (χ1n) is 4.14. The van der Waals surface area contributed by atoms with Crippen molar-refractivity contribution in [2.45, 2.75) is 13.8 Å². The number of aromatic amines is 2. The Kier molecular flexibility index (Phi) is 1.62. The molecule has 0 fully saturated rings. The summed E-state index contributed by atoms with van der Waals surface area (Å²) in [5, 5.41) is 0. The van der Waals surface area contributed by atoms with E-state index in [1.807, 2.05) is 13.8 Å². The highest BCUT2D eigenvalue weighted by Gasteiger charge is 2.06. The quantitative estimate of drug-likeness (QED) is 0.617. The third-order valence-electron chi connectivity index (χ3n) is 2.04. The van der Waals surface area contributed by atoms with Gasteiger partial charge in [-0.3, -0.25) is 0 Å². The molecule has 0 saturated carbocycles. The number of H-pyrrole nitrogens is 2. The number of nitrogen functional groups attached to an aromatic ring is 1. The Balaban J connectivity index is 2.51. The summed E-state index contributed by atoms with van der Waals surface area (Å²) in [6.07, 6.45) is 1.74. The zero-order chi connectivity index (χ0) is 9.42. The molecular formula is C9H12N4. The zero-order valence-corrected chi connectivity index (χ0v) is 7.68. The lowest BCUT2D eigenvalue weighted by Gasteiger charge is -1.93. The smallest absolute Gasteiger partial charge is 0.197 e. The predicted molar refractivity (Wildman–Crippen MR) is 52.3 cm³/mol. The van der Waals surface area contributed by atoms with Crippen LogP contribution in [-0.4, -0.2) is 15.0 Å². The molecule has 0 radical (unpaired) electrons. The Morgan fingerprint density at radius 3 is 2.54 bits per heavy atom. The third-order valence-corrected chi connectivity index (χ3v) is 2.04. The minimum Gasteiger partial charge on any atom is -0.369 e. The highest BCUT2D eigenvalue weighted by molar-refractivity contribution is 5.63. The first-order valence-corrected chi connectivity index (χ1v) is 4.14. The predicted octanol–water partition coefficient (Wildman–Crippen LogP) is 1.60. The van der Waals surface area contributed by atoms with Gasteiger partial charge in [0.1, 0.15) is 0 Å². The summed E-state index contributed by atoms with van der Waals surface area (Å²) in [6, 6.07) is 2.07. The largest absolute Gasteiger partial charge is 0.369 e. The van der Waals surface area contributed by atoms with Crippen LogP contribution in [-0.2, 0) is 0 Å². The molecule has 0 amide bonds. The van der Waals surface area contributed by atoms with Gasteiger partial charge >= 0.3 is 0 Å². The summed E-state index contributed by atoms with van der Waals surface area (Å²) < 4.78 is 0. The number of nitrogens with zero attached hydrogens (tertiary/aromatic N) is 1. The lowest BCUT2D eigenvalue weighted by atomic mass is 10.2. The van der Waals surface area contributed by atoms with Crippen LogP contribution in [0.3, 0.4) is 0 Å². The van der Waals surface area contributed by atoms with E-state index in [0.29, 0.717) is 5.95 Å². The molecule has 0 aliphatic carbocycles. The number of rotatable bonds is 1. The van der Waals surface area contributed by atoms with Crippen molar-refractivity contribution in [3.8, 4) is 11.3 Å². The number of imidazole rings is 1. The van der Waals surface area contributed by atoms with Crippen LogP contribution in [0.15, 0.2) is 12.3 Å². The molecular weight excluding hydrogens is 164 g/mol. The molecule has 68 valence electrons. The number of hydrogen-bond acceptors (Lipinski definition) is 2. The Morgan fingerprint density at radius 2 is 2.08 bits per heavy atom. The fourth-order valence-electron chi connectivity index (χ4n) is 1.48. The average molecular weight is 176 g/mol. The van der Waals surface area contributed by atoms with Crippen LogP contribution < -0.4 is 5.73 Å². The maximum Gasteiger partial charge on any atom is 0.197 e. The second kappa shape index (κ2) is 2.65. The van der Waals surface area contributed by atoms with Crippen molar-refractivity contribution in [1.29, 1.82) is 0 Å². The molecule has 0 atom stereocenters. The van der Waals surface area contributed by atoms with E-state index in [2.05, 4.69) is 21.0 Å². The number of anilines is 1. The number of aryl methyl sites for hydroxylation is 2. The van der Waals surface area contributed by atoms with Crippen LogP contribution in [0.5, 0.6) is 0 Å². The van der Waals surface area contributed by atoms with Crippen molar-refractivity contribution < 1.29 is 0 Å². The molecule has 0 bridgehead atoms. The van der Waals surface area contributed by atoms with Gasteiger partial charge in [-0.05, 0) is 19.9 Å². The second-order valence-corrected chi connectivity index (χ2v) is 3.17. The minimum atomic E-state index is 0.452. The van der Waals surface area contributed by atoms with Crippen LogP contribution in [0, 0.1) is 13.8 Å². The second-order valence-electron chi connectivity index (χ2n) is 3.17. The Bertz CT molecular complexity index is 425.